The molecule has 0 saturated carbocycles. The number of hydrogen-bond donors (Lipinski definition) is 0. The van der Waals surface area contributed by atoms with Crippen molar-refractivity contribution in [1.82, 2.24) is 0 Å². The van der Waals surface area contributed by atoms with Crippen molar-refractivity contribution in [2.45, 2.75) is 25.9 Å². The molecule has 1 aliphatic heterocycles. The summed E-state index contributed by atoms with van der Waals surface area (Å²) in [5.74, 6) is 4.09. The van der Waals surface area contributed by atoms with Gasteiger partial charge in [0.25, 0.3) is 0 Å². The van der Waals surface area contributed by atoms with Crippen LogP contribution < -0.4 is 19.5 Å². The zero-order valence-corrected chi connectivity index (χ0v) is 24.3. The van der Waals surface area contributed by atoms with E-state index < -0.39 is 7.92 Å². The lowest BCUT2D eigenvalue weighted by Gasteiger charge is -2.28. The Bertz CT molecular complexity index is 1790. The van der Waals surface area contributed by atoms with Crippen LogP contribution in [0.15, 0.2) is 121 Å². The third-order valence-corrected chi connectivity index (χ3v) is 10.6. The highest BCUT2D eigenvalue weighted by Gasteiger charge is 2.37. The fourth-order valence-electron chi connectivity index (χ4n) is 5.60. The first kappa shape index (κ1) is 25.6. The van der Waals surface area contributed by atoms with Gasteiger partial charge in [0, 0.05) is 21.6 Å². The summed E-state index contributed by atoms with van der Waals surface area (Å²) in [5, 5.41) is 5.77. The molecule has 3 nitrogen and oxygen atoms in total. The Labute approximate surface area is 242 Å². The first-order valence-corrected chi connectivity index (χ1v) is 15.5. The summed E-state index contributed by atoms with van der Waals surface area (Å²) in [6.07, 6.45) is 0.719. The zero-order chi connectivity index (χ0) is 28.0. The van der Waals surface area contributed by atoms with Crippen molar-refractivity contribution < 1.29 is 14.2 Å². The maximum Gasteiger partial charge on any atom is 0.139 e. The highest BCUT2D eigenvalue weighted by Crippen LogP contribution is 2.57. The van der Waals surface area contributed by atoms with E-state index in [0.717, 1.165) is 67.8 Å². The molecule has 1 unspecified atom stereocenters. The van der Waals surface area contributed by atoms with E-state index >= 15 is 0 Å². The van der Waals surface area contributed by atoms with Gasteiger partial charge < -0.3 is 14.2 Å². The maximum atomic E-state index is 6.81. The molecule has 0 radical (unpaired) electrons. The molecular weight excluding hydrogens is 523 g/mol. The Morgan fingerprint density at radius 2 is 1.05 bits per heavy atom. The van der Waals surface area contributed by atoms with Gasteiger partial charge in [0.2, 0.25) is 0 Å². The molecule has 6 aromatic carbocycles. The summed E-state index contributed by atoms with van der Waals surface area (Å²) in [6.45, 7) is 6.92. The first-order valence-electron chi connectivity index (χ1n) is 14.0. The lowest BCUT2D eigenvalue weighted by atomic mass is 10.0. The van der Waals surface area contributed by atoms with E-state index in [1.54, 1.807) is 0 Å². The molecule has 0 aromatic heterocycles. The van der Waals surface area contributed by atoms with E-state index in [-0.39, 0.29) is 5.16 Å². The molecule has 1 atom stereocenters. The standard InChI is InChI=1S/C37H31O3P/c1-37(2,3)41-24-38-34-23-10-18-29(36(34)41)35-32(39-30-19-8-14-25-12-4-6-16-27(25)30)21-11-22-33(35)40-31-20-9-15-26-13-5-7-17-28(26)31/h4-23H,24H2,1-3H3. The minimum Gasteiger partial charge on any atom is -0.488 e. The average molecular weight is 555 g/mol. The predicted molar refractivity (Wildman–Crippen MR) is 172 cm³/mol. The Hall–Kier alpha value is -4.33. The lowest BCUT2D eigenvalue weighted by molar-refractivity contribution is 0.400. The van der Waals surface area contributed by atoms with Gasteiger partial charge in [-0.25, -0.2) is 0 Å². The van der Waals surface area contributed by atoms with Crippen molar-refractivity contribution >= 4 is 34.8 Å². The lowest BCUT2D eigenvalue weighted by Crippen LogP contribution is -2.19. The predicted octanol–water partition coefficient (Wildman–Crippen LogP) is 10.5. The van der Waals surface area contributed by atoms with Crippen molar-refractivity contribution in [2.75, 3.05) is 6.35 Å². The average Bonchev–Trinajstić information content (AvgIpc) is 3.44. The Kier molecular flexibility index (Phi) is 6.41. The minimum absolute atomic E-state index is 0.0821. The van der Waals surface area contributed by atoms with E-state index in [1.807, 2.05) is 54.6 Å². The Morgan fingerprint density at radius 1 is 0.561 bits per heavy atom. The van der Waals surface area contributed by atoms with Crippen molar-refractivity contribution in [2.24, 2.45) is 0 Å². The van der Waals surface area contributed by atoms with E-state index in [9.17, 15) is 0 Å². The molecule has 41 heavy (non-hydrogen) atoms. The largest absolute Gasteiger partial charge is 0.488 e. The smallest absolute Gasteiger partial charge is 0.139 e. The van der Waals surface area contributed by atoms with Gasteiger partial charge in [0.1, 0.15) is 35.1 Å². The van der Waals surface area contributed by atoms with Crippen LogP contribution in [-0.2, 0) is 0 Å². The third kappa shape index (κ3) is 4.71. The highest BCUT2D eigenvalue weighted by molar-refractivity contribution is 7.67. The van der Waals surface area contributed by atoms with Gasteiger partial charge in [-0.15, -0.1) is 0 Å². The first-order chi connectivity index (χ1) is 20.0. The second kappa shape index (κ2) is 10.3. The van der Waals surface area contributed by atoms with Gasteiger partial charge in [0.05, 0.1) is 5.56 Å². The topological polar surface area (TPSA) is 27.7 Å². The normalized spacial score (nSPS) is 14.6. The maximum absolute atomic E-state index is 6.81. The number of hydrogen-bond acceptors (Lipinski definition) is 3. The van der Waals surface area contributed by atoms with Gasteiger partial charge in [0.15, 0.2) is 0 Å². The molecule has 0 bridgehead atoms. The molecular formula is C37H31O3P. The fourth-order valence-corrected chi connectivity index (χ4v) is 7.94. The van der Waals surface area contributed by atoms with E-state index in [2.05, 4.69) is 87.5 Å². The van der Waals surface area contributed by atoms with Crippen LogP contribution in [0.5, 0.6) is 28.7 Å². The molecule has 4 heteroatoms. The summed E-state index contributed by atoms with van der Waals surface area (Å²) in [4.78, 5) is 0. The molecule has 1 heterocycles. The minimum atomic E-state index is -0.580. The number of ether oxygens (including phenoxy) is 3. The molecule has 0 saturated heterocycles. The van der Waals surface area contributed by atoms with Gasteiger partial charge in [-0.1, -0.05) is 112 Å². The SMILES string of the molecule is CC(C)(C)P1COc2cccc(-c3c(Oc4cccc5ccccc45)cccc3Oc3cccc4ccccc34)c21. The van der Waals surface area contributed by atoms with Crippen LogP contribution in [0.1, 0.15) is 20.8 Å². The summed E-state index contributed by atoms with van der Waals surface area (Å²) in [5.41, 5.74) is 2.04. The van der Waals surface area contributed by atoms with Crippen molar-refractivity contribution in [3.05, 3.63) is 121 Å². The van der Waals surface area contributed by atoms with Crippen molar-refractivity contribution in [3.8, 4) is 39.9 Å². The van der Waals surface area contributed by atoms with Crippen LogP contribution in [0, 0.1) is 0 Å². The molecule has 0 spiro atoms. The highest BCUT2D eigenvalue weighted by atomic mass is 31.1. The fraction of sp³-hybridized carbons (Fsp3) is 0.135. The van der Waals surface area contributed by atoms with Crippen molar-refractivity contribution in [3.63, 3.8) is 0 Å². The Balaban J connectivity index is 1.45. The van der Waals surface area contributed by atoms with Gasteiger partial charge in [-0.3, -0.25) is 0 Å². The van der Waals surface area contributed by atoms with Crippen LogP contribution in [0.3, 0.4) is 0 Å². The van der Waals surface area contributed by atoms with E-state index in [0.29, 0.717) is 0 Å². The molecule has 7 rings (SSSR count). The molecule has 0 aliphatic carbocycles. The second-order valence-corrected chi connectivity index (χ2v) is 14.2. The van der Waals surface area contributed by atoms with Gasteiger partial charge >= 0.3 is 0 Å². The van der Waals surface area contributed by atoms with Gasteiger partial charge in [-0.05, 0) is 54.2 Å². The van der Waals surface area contributed by atoms with E-state index in [1.165, 1.54) is 5.30 Å². The Morgan fingerprint density at radius 3 is 1.63 bits per heavy atom. The molecule has 1 aliphatic rings. The van der Waals surface area contributed by atoms with Crippen LogP contribution in [0.2, 0.25) is 0 Å². The summed E-state index contributed by atoms with van der Waals surface area (Å²) in [6, 6.07) is 41.5. The quantitative estimate of drug-likeness (QED) is 0.198. The number of fused-ring (bicyclic) bond motifs is 3. The van der Waals surface area contributed by atoms with Crippen LogP contribution in [-0.4, -0.2) is 11.5 Å². The monoisotopic (exact) mass is 554 g/mol. The molecule has 6 aromatic rings. The van der Waals surface area contributed by atoms with Crippen LogP contribution in [0.25, 0.3) is 32.7 Å². The van der Waals surface area contributed by atoms with Gasteiger partial charge in [-0.2, -0.15) is 0 Å². The zero-order valence-electron chi connectivity index (χ0n) is 23.4. The second-order valence-electron chi connectivity index (χ2n) is 11.3. The van der Waals surface area contributed by atoms with Crippen LogP contribution in [0.4, 0.5) is 0 Å². The summed E-state index contributed by atoms with van der Waals surface area (Å²) >= 11 is 0. The van der Waals surface area contributed by atoms with E-state index in [4.69, 9.17) is 14.2 Å². The third-order valence-electron chi connectivity index (χ3n) is 7.62. The molecule has 0 N–H and O–H groups in total. The van der Waals surface area contributed by atoms with Crippen LogP contribution >= 0.6 is 7.92 Å². The number of benzene rings is 6. The number of rotatable bonds is 5. The summed E-state index contributed by atoms with van der Waals surface area (Å²) in [7, 11) is -0.580. The molecule has 202 valence electrons. The molecule has 0 fully saturated rings. The summed E-state index contributed by atoms with van der Waals surface area (Å²) < 4.78 is 19.9. The van der Waals surface area contributed by atoms with Crippen molar-refractivity contribution in [1.29, 1.82) is 0 Å². The molecule has 0 amide bonds.